The van der Waals surface area contributed by atoms with E-state index in [9.17, 15) is 4.79 Å². The van der Waals surface area contributed by atoms with Crippen LogP contribution < -0.4 is 10.2 Å². The first-order valence-electron chi connectivity index (χ1n) is 7.37. The lowest BCUT2D eigenvalue weighted by molar-refractivity contribution is 0.0124. The number of hydrogen-bond donors (Lipinski definition) is 1. The SMILES string of the molecule is O=C(NN1CCOCC1)c1ccn(COc2cccc(Cl)c2Cl)n1. The van der Waals surface area contributed by atoms with Gasteiger partial charge in [-0.2, -0.15) is 5.10 Å². The van der Waals surface area contributed by atoms with E-state index in [4.69, 9.17) is 32.7 Å². The molecule has 0 bridgehead atoms. The highest BCUT2D eigenvalue weighted by atomic mass is 35.5. The Morgan fingerprint density at radius 2 is 2.08 bits per heavy atom. The summed E-state index contributed by atoms with van der Waals surface area (Å²) in [5.74, 6) is 0.190. The Bertz CT molecular complexity index is 716. The second-order valence-electron chi connectivity index (χ2n) is 5.11. The predicted molar refractivity (Wildman–Crippen MR) is 89.2 cm³/mol. The van der Waals surface area contributed by atoms with E-state index in [2.05, 4.69) is 10.5 Å². The van der Waals surface area contributed by atoms with Gasteiger partial charge in [0.25, 0.3) is 5.91 Å². The number of amides is 1. The molecular weight excluding hydrogens is 355 g/mol. The van der Waals surface area contributed by atoms with Crippen molar-refractivity contribution in [2.75, 3.05) is 26.3 Å². The minimum absolute atomic E-state index is 0.116. The van der Waals surface area contributed by atoms with Gasteiger partial charge in [0, 0.05) is 19.3 Å². The summed E-state index contributed by atoms with van der Waals surface area (Å²) in [6.45, 7) is 2.63. The molecule has 24 heavy (non-hydrogen) atoms. The van der Waals surface area contributed by atoms with Crippen LogP contribution in [-0.2, 0) is 11.5 Å². The van der Waals surface area contributed by atoms with Crippen LogP contribution >= 0.6 is 23.2 Å². The summed E-state index contributed by atoms with van der Waals surface area (Å²) < 4.78 is 12.3. The van der Waals surface area contributed by atoms with Crippen LogP contribution in [0.4, 0.5) is 0 Å². The fourth-order valence-electron chi connectivity index (χ4n) is 2.16. The Hall–Kier alpha value is -1.80. The van der Waals surface area contributed by atoms with Crippen LogP contribution in [0.1, 0.15) is 10.5 Å². The molecule has 1 aliphatic heterocycles. The molecule has 0 radical (unpaired) electrons. The zero-order valence-electron chi connectivity index (χ0n) is 12.7. The van der Waals surface area contributed by atoms with Gasteiger partial charge in [0.15, 0.2) is 12.4 Å². The molecule has 0 aliphatic carbocycles. The molecule has 3 rings (SSSR count). The maximum absolute atomic E-state index is 12.2. The van der Waals surface area contributed by atoms with Gasteiger partial charge >= 0.3 is 0 Å². The standard InChI is InChI=1S/C15H16Cl2N4O3/c16-11-2-1-3-13(14(11)17)24-10-21-5-4-12(18-21)15(22)19-20-6-8-23-9-7-20/h1-5H,6-10H2,(H,19,22). The Balaban J connectivity index is 1.56. The average Bonchev–Trinajstić information content (AvgIpc) is 3.06. The number of nitrogens with one attached hydrogen (secondary N) is 1. The van der Waals surface area contributed by atoms with Crippen molar-refractivity contribution in [2.24, 2.45) is 0 Å². The number of morpholine rings is 1. The van der Waals surface area contributed by atoms with E-state index in [0.29, 0.717) is 47.8 Å². The van der Waals surface area contributed by atoms with Crippen molar-refractivity contribution in [3.8, 4) is 5.75 Å². The molecule has 1 aliphatic rings. The number of aromatic nitrogens is 2. The minimum Gasteiger partial charge on any atom is -0.470 e. The zero-order chi connectivity index (χ0) is 16.9. The fourth-order valence-corrected chi connectivity index (χ4v) is 2.51. The number of benzene rings is 1. The van der Waals surface area contributed by atoms with Crippen molar-refractivity contribution < 1.29 is 14.3 Å². The first-order chi connectivity index (χ1) is 11.6. The van der Waals surface area contributed by atoms with Gasteiger partial charge in [-0.1, -0.05) is 29.3 Å². The van der Waals surface area contributed by atoms with Gasteiger partial charge in [-0.3, -0.25) is 10.2 Å². The molecule has 0 spiro atoms. The topological polar surface area (TPSA) is 68.6 Å². The summed E-state index contributed by atoms with van der Waals surface area (Å²) in [5, 5.41) is 6.76. The van der Waals surface area contributed by atoms with Gasteiger partial charge in [0.1, 0.15) is 10.8 Å². The maximum Gasteiger partial charge on any atom is 0.286 e. The van der Waals surface area contributed by atoms with Crippen LogP contribution in [-0.4, -0.2) is 47.0 Å². The molecule has 7 nitrogen and oxygen atoms in total. The molecule has 1 N–H and O–H groups in total. The van der Waals surface area contributed by atoms with Crippen molar-refractivity contribution in [1.29, 1.82) is 0 Å². The lowest BCUT2D eigenvalue weighted by Crippen LogP contribution is -2.48. The van der Waals surface area contributed by atoms with Crippen LogP contribution in [0.3, 0.4) is 0 Å². The third kappa shape index (κ3) is 4.18. The summed E-state index contributed by atoms with van der Waals surface area (Å²) >= 11 is 12.0. The lowest BCUT2D eigenvalue weighted by Gasteiger charge is -2.26. The Kier molecular flexibility index (Phi) is 5.57. The first-order valence-corrected chi connectivity index (χ1v) is 8.13. The zero-order valence-corrected chi connectivity index (χ0v) is 14.3. The molecular formula is C15H16Cl2N4O3. The van der Waals surface area contributed by atoms with Crippen molar-refractivity contribution in [1.82, 2.24) is 20.2 Å². The molecule has 9 heteroatoms. The molecule has 2 heterocycles. The molecule has 1 saturated heterocycles. The molecule has 1 aromatic heterocycles. The highest BCUT2D eigenvalue weighted by Gasteiger charge is 2.16. The van der Waals surface area contributed by atoms with E-state index >= 15 is 0 Å². The van der Waals surface area contributed by atoms with Crippen LogP contribution in [0.5, 0.6) is 5.75 Å². The van der Waals surface area contributed by atoms with E-state index < -0.39 is 0 Å². The highest BCUT2D eigenvalue weighted by molar-refractivity contribution is 6.42. The largest absolute Gasteiger partial charge is 0.470 e. The van der Waals surface area contributed by atoms with Gasteiger partial charge in [0.05, 0.1) is 18.2 Å². The summed E-state index contributed by atoms with van der Waals surface area (Å²) in [7, 11) is 0. The normalized spacial score (nSPS) is 15.2. The Morgan fingerprint density at radius 1 is 1.29 bits per heavy atom. The van der Waals surface area contributed by atoms with E-state index in [-0.39, 0.29) is 12.6 Å². The van der Waals surface area contributed by atoms with Gasteiger partial charge in [-0.15, -0.1) is 0 Å². The fraction of sp³-hybridized carbons (Fsp3) is 0.333. The Labute approximate surface area is 149 Å². The average molecular weight is 371 g/mol. The van der Waals surface area contributed by atoms with Crippen molar-refractivity contribution in [3.05, 3.63) is 46.2 Å². The summed E-state index contributed by atoms with van der Waals surface area (Å²) in [6.07, 6.45) is 1.66. The number of hydrazine groups is 1. The van der Waals surface area contributed by atoms with Gasteiger partial charge in [-0.05, 0) is 18.2 Å². The van der Waals surface area contributed by atoms with Crippen LogP contribution in [0.15, 0.2) is 30.5 Å². The summed E-state index contributed by atoms with van der Waals surface area (Å²) in [5.41, 5.74) is 3.11. The number of rotatable bonds is 5. The van der Waals surface area contributed by atoms with Crippen molar-refractivity contribution >= 4 is 29.1 Å². The highest BCUT2D eigenvalue weighted by Crippen LogP contribution is 2.31. The number of carbonyl (C=O) groups excluding carboxylic acids is 1. The molecule has 1 fully saturated rings. The van der Waals surface area contributed by atoms with Gasteiger partial charge in [-0.25, -0.2) is 9.69 Å². The first kappa shape index (κ1) is 17.0. The molecule has 0 unspecified atom stereocenters. The smallest absolute Gasteiger partial charge is 0.286 e. The third-order valence-electron chi connectivity index (χ3n) is 3.41. The van der Waals surface area contributed by atoms with E-state index in [0.717, 1.165) is 0 Å². The predicted octanol–water partition coefficient (Wildman–Crippen LogP) is 2.20. The van der Waals surface area contributed by atoms with Gasteiger partial charge in [0.2, 0.25) is 0 Å². The number of ether oxygens (including phenoxy) is 2. The van der Waals surface area contributed by atoms with E-state index in [1.54, 1.807) is 30.5 Å². The quantitative estimate of drug-likeness (QED) is 0.873. The monoisotopic (exact) mass is 370 g/mol. The molecule has 0 saturated carbocycles. The summed E-state index contributed by atoms with van der Waals surface area (Å²) in [6, 6.07) is 6.76. The number of hydrogen-bond acceptors (Lipinski definition) is 5. The maximum atomic E-state index is 12.2. The third-order valence-corrected chi connectivity index (χ3v) is 4.21. The van der Waals surface area contributed by atoms with E-state index in [1.165, 1.54) is 4.68 Å². The van der Waals surface area contributed by atoms with E-state index in [1.807, 2.05) is 5.01 Å². The molecule has 0 atom stereocenters. The van der Waals surface area contributed by atoms with Crippen LogP contribution in [0.25, 0.3) is 0 Å². The second kappa shape index (κ2) is 7.85. The molecule has 1 aromatic carbocycles. The number of carbonyl (C=O) groups is 1. The number of halogens is 2. The molecule has 128 valence electrons. The van der Waals surface area contributed by atoms with Crippen molar-refractivity contribution in [3.63, 3.8) is 0 Å². The minimum atomic E-state index is -0.267. The lowest BCUT2D eigenvalue weighted by atomic mass is 10.3. The molecule has 2 aromatic rings. The molecule has 1 amide bonds. The Morgan fingerprint density at radius 3 is 2.88 bits per heavy atom. The van der Waals surface area contributed by atoms with Crippen LogP contribution in [0, 0.1) is 0 Å². The van der Waals surface area contributed by atoms with Crippen LogP contribution in [0.2, 0.25) is 10.0 Å². The van der Waals surface area contributed by atoms with Crippen molar-refractivity contribution in [2.45, 2.75) is 6.73 Å². The number of nitrogens with zero attached hydrogens (tertiary/aromatic N) is 3. The van der Waals surface area contributed by atoms with Gasteiger partial charge < -0.3 is 9.47 Å². The second-order valence-corrected chi connectivity index (χ2v) is 5.89. The summed E-state index contributed by atoms with van der Waals surface area (Å²) in [4.78, 5) is 12.2.